The normalized spacial score (nSPS) is 12.3. The van der Waals surface area contributed by atoms with E-state index in [-0.39, 0.29) is 11.8 Å². The molecule has 0 aliphatic carbocycles. The van der Waals surface area contributed by atoms with Gasteiger partial charge >= 0.3 is 0 Å². The predicted octanol–water partition coefficient (Wildman–Crippen LogP) is 4.50. The molecular weight excluding hydrogens is 380 g/mol. The number of rotatable bonds is 8. The van der Waals surface area contributed by atoms with Gasteiger partial charge in [0.25, 0.3) is 11.8 Å². The molecule has 0 heterocycles. The van der Waals surface area contributed by atoms with Crippen LogP contribution >= 0.6 is 0 Å². The van der Waals surface area contributed by atoms with Gasteiger partial charge in [-0.1, -0.05) is 42.5 Å². The van der Waals surface area contributed by atoms with E-state index in [4.69, 9.17) is 9.47 Å². The highest BCUT2D eigenvalue weighted by molar-refractivity contribution is 5.97. The number of hydrogen-bond donors (Lipinski definition) is 2. The Morgan fingerprint density at radius 3 is 1.43 bits per heavy atom. The van der Waals surface area contributed by atoms with E-state index in [0.29, 0.717) is 22.9 Å². The first kappa shape index (κ1) is 20.9. The molecule has 0 saturated heterocycles. The van der Waals surface area contributed by atoms with Crippen LogP contribution in [0.25, 0.3) is 0 Å². The Labute approximate surface area is 175 Å². The molecule has 3 aromatic carbocycles. The molecule has 154 valence electrons. The van der Waals surface area contributed by atoms with E-state index >= 15 is 0 Å². The van der Waals surface area contributed by atoms with Crippen LogP contribution in [0.5, 0.6) is 11.5 Å². The molecule has 2 amide bonds. The lowest BCUT2D eigenvalue weighted by Gasteiger charge is -2.16. The summed E-state index contributed by atoms with van der Waals surface area (Å²) in [6, 6.07) is 25.2. The Morgan fingerprint density at radius 2 is 1.03 bits per heavy atom. The summed E-state index contributed by atoms with van der Waals surface area (Å²) in [5.41, 5.74) is 1.11. The van der Waals surface area contributed by atoms with Gasteiger partial charge < -0.3 is 20.1 Å². The van der Waals surface area contributed by atoms with Gasteiger partial charge in [-0.2, -0.15) is 0 Å². The van der Waals surface area contributed by atoms with Crippen molar-refractivity contribution in [3.05, 3.63) is 84.9 Å². The molecule has 0 spiro atoms. The molecule has 0 saturated carbocycles. The molecule has 0 bridgehead atoms. The average molecular weight is 404 g/mol. The van der Waals surface area contributed by atoms with E-state index in [1.807, 2.05) is 36.4 Å². The van der Waals surface area contributed by atoms with E-state index in [1.165, 1.54) is 0 Å². The number of carbonyl (C=O) groups is 2. The minimum atomic E-state index is -0.676. The fourth-order valence-corrected chi connectivity index (χ4v) is 2.68. The molecule has 0 aliphatic heterocycles. The number of para-hydroxylation sites is 2. The van der Waals surface area contributed by atoms with Gasteiger partial charge in [0.15, 0.2) is 12.2 Å². The zero-order chi connectivity index (χ0) is 21.3. The maximum atomic E-state index is 12.4. The van der Waals surface area contributed by atoms with Crippen molar-refractivity contribution < 1.29 is 19.1 Å². The SMILES string of the molecule is CC(Oc1ccccc1)C(=O)Nc1cccc(NC(=O)C(C)Oc2ccccc2)c1. The van der Waals surface area contributed by atoms with E-state index in [1.54, 1.807) is 62.4 Å². The van der Waals surface area contributed by atoms with Crippen molar-refractivity contribution in [1.82, 2.24) is 0 Å². The molecule has 0 aliphatic rings. The quantitative estimate of drug-likeness (QED) is 0.580. The second kappa shape index (κ2) is 10.1. The smallest absolute Gasteiger partial charge is 0.265 e. The topological polar surface area (TPSA) is 76.7 Å². The van der Waals surface area contributed by atoms with Crippen molar-refractivity contribution in [2.24, 2.45) is 0 Å². The number of hydrogen-bond acceptors (Lipinski definition) is 4. The van der Waals surface area contributed by atoms with Crippen molar-refractivity contribution >= 4 is 23.2 Å². The number of benzene rings is 3. The lowest BCUT2D eigenvalue weighted by atomic mass is 10.2. The molecule has 2 atom stereocenters. The molecule has 0 aromatic heterocycles. The molecule has 3 aromatic rings. The fraction of sp³-hybridized carbons (Fsp3) is 0.167. The number of ether oxygens (including phenoxy) is 2. The summed E-state index contributed by atoms with van der Waals surface area (Å²) in [6.07, 6.45) is -1.35. The van der Waals surface area contributed by atoms with Crippen molar-refractivity contribution in [2.75, 3.05) is 10.6 Å². The first-order valence-corrected chi connectivity index (χ1v) is 9.66. The number of nitrogens with one attached hydrogen (secondary N) is 2. The Hall–Kier alpha value is -3.80. The van der Waals surface area contributed by atoms with Crippen LogP contribution in [0, 0.1) is 0 Å². The molecule has 2 unspecified atom stereocenters. The zero-order valence-electron chi connectivity index (χ0n) is 16.9. The predicted molar refractivity (Wildman–Crippen MR) is 117 cm³/mol. The number of amides is 2. The fourth-order valence-electron chi connectivity index (χ4n) is 2.68. The molecule has 0 fully saturated rings. The van der Waals surface area contributed by atoms with Crippen molar-refractivity contribution in [3.8, 4) is 11.5 Å². The lowest BCUT2D eigenvalue weighted by Crippen LogP contribution is -2.31. The molecule has 0 radical (unpaired) electrons. The molecule has 2 N–H and O–H groups in total. The summed E-state index contributed by atoms with van der Waals surface area (Å²) in [7, 11) is 0. The Balaban J connectivity index is 1.56. The lowest BCUT2D eigenvalue weighted by molar-refractivity contribution is -0.122. The van der Waals surface area contributed by atoms with Gasteiger partial charge in [-0.05, 0) is 56.3 Å². The third kappa shape index (κ3) is 6.10. The van der Waals surface area contributed by atoms with Crippen molar-refractivity contribution in [2.45, 2.75) is 26.1 Å². The second-order valence-electron chi connectivity index (χ2n) is 6.71. The molecule has 30 heavy (non-hydrogen) atoms. The van der Waals surface area contributed by atoms with Crippen LogP contribution in [-0.2, 0) is 9.59 Å². The first-order chi connectivity index (χ1) is 14.5. The highest BCUT2D eigenvalue weighted by atomic mass is 16.5. The summed E-state index contributed by atoms with van der Waals surface area (Å²) in [5.74, 6) is 0.661. The minimum absolute atomic E-state index is 0.289. The van der Waals surface area contributed by atoms with Crippen LogP contribution in [0.3, 0.4) is 0 Å². The second-order valence-corrected chi connectivity index (χ2v) is 6.71. The van der Waals surface area contributed by atoms with Gasteiger partial charge in [0.1, 0.15) is 11.5 Å². The molecule has 6 heteroatoms. The van der Waals surface area contributed by atoms with Gasteiger partial charge in [-0.25, -0.2) is 0 Å². The summed E-state index contributed by atoms with van der Waals surface area (Å²) in [4.78, 5) is 24.8. The minimum Gasteiger partial charge on any atom is -0.481 e. The van der Waals surface area contributed by atoms with E-state index in [2.05, 4.69) is 10.6 Å². The third-order valence-electron chi connectivity index (χ3n) is 4.25. The van der Waals surface area contributed by atoms with Gasteiger partial charge in [0.05, 0.1) is 0 Å². The maximum absolute atomic E-state index is 12.4. The summed E-state index contributed by atoms with van der Waals surface area (Å²) in [5, 5.41) is 5.60. The van der Waals surface area contributed by atoms with Crippen LogP contribution in [0.1, 0.15) is 13.8 Å². The average Bonchev–Trinajstić information content (AvgIpc) is 2.75. The van der Waals surface area contributed by atoms with Crippen molar-refractivity contribution in [1.29, 1.82) is 0 Å². The Morgan fingerprint density at radius 1 is 0.633 bits per heavy atom. The van der Waals surface area contributed by atoms with Crippen LogP contribution < -0.4 is 20.1 Å². The van der Waals surface area contributed by atoms with Gasteiger partial charge in [-0.15, -0.1) is 0 Å². The molecular formula is C24H24N2O4. The Kier molecular flexibility index (Phi) is 7.05. The Bertz CT molecular complexity index is 900. The van der Waals surface area contributed by atoms with Gasteiger partial charge in [0, 0.05) is 11.4 Å². The highest BCUT2D eigenvalue weighted by Gasteiger charge is 2.17. The number of carbonyl (C=O) groups excluding carboxylic acids is 2. The zero-order valence-corrected chi connectivity index (χ0v) is 16.9. The van der Waals surface area contributed by atoms with E-state index in [9.17, 15) is 9.59 Å². The van der Waals surface area contributed by atoms with E-state index in [0.717, 1.165) is 0 Å². The van der Waals surface area contributed by atoms with E-state index < -0.39 is 12.2 Å². The maximum Gasteiger partial charge on any atom is 0.265 e. The summed E-state index contributed by atoms with van der Waals surface area (Å²) >= 11 is 0. The molecule has 6 nitrogen and oxygen atoms in total. The van der Waals surface area contributed by atoms with Crippen LogP contribution in [0.4, 0.5) is 11.4 Å². The monoisotopic (exact) mass is 404 g/mol. The highest BCUT2D eigenvalue weighted by Crippen LogP contribution is 2.18. The molecule has 3 rings (SSSR count). The van der Waals surface area contributed by atoms with Crippen molar-refractivity contribution in [3.63, 3.8) is 0 Å². The summed E-state index contributed by atoms with van der Waals surface area (Å²) in [6.45, 7) is 3.35. The van der Waals surface area contributed by atoms with Gasteiger partial charge in [0.2, 0.25) is 0 Å². The standard InChI is InChI=1S/C24H24N2O4/c1-17(29-21-12-5-3-6-13-21)23(27)25-19-10-9-11-20(16-19)26-24(28)18(2)30-22-14-7-4-8-15-22/h3-18H,1-2H3,(H,25,27)(H,26,28). The van der Waals surface area contributed by atoms with Crippen LogP contribution in [0.2, 0.25) is 0 Å². The van der Waals surface area contributed by atoms with Crippen LogP contribution in [-0.4, -0.2) is 24.0 Å². The third-order valence-corrected chi connectivity index (χ3v) is 4.25. The van der Waals surface area contributed by atoms with Crippen LogP contribution in [0.15, 0.2) is 84.9 Å². The summed E-state index contributed by atoms with van der Waals surface area (Å²) < 4.78 is 11.3. The largest absolute Gasteiger partial charge is 0.481 e. The number of anilines is 2. The van der Waals surface area contributed by atoms with Gasteiger partial charge in [-0.3, -0.25) is 9.59 Å². The first-order valence-electron chi connectivity index (χ1n) is 9.66.